The number of fused-ring (bicyclic) bond motifs is 5. The monoisotopic (exact) mass is 1170 g/mol. The maximum atomic E-state index is 12.4. The van der Waals surface area contributed by atoms with E-state index in [9.17, 15) is 5.11 Å². The van der Waals surface area contributed by atoms with E-state index in [1.165, 1.54) is 43.8 Å². The number of para-hydroxylation sites is 4. The standard InChI is InChI=1S/C70H61N4O.Pt/c1-68(2,3)49-30-33-52(34-31-49)74-62-27-17-23-54(65(62)72-67(74)58-35-28-48(43-63(58)75)64-53-36-32-50(69(4,5)6)41-45(53)29-37-59(64)70(7,8)9)44-18-15-19-47(40-44)60-42-46(38-39-71-60)55-24-16-25-57-56-22-13-14-26-61(56)73(66(55)57)51-20-11-10-12-21-51;/h10-39,41-43,75H,1-9H3;/q-1;. The average Bonchev–Trinajstić information content (AvgIpc) is 4.00. The molecule has 0 aliphatic carbocycles. The first-order valence-corrected chi connectivity index (χ1v) is 26.1. The summed E-state index contributed by atoms with van der Waals surface area (Å²) in [7, 11) is 0. The predicted octanol–water partition coefficient (Wildman–Crippen LogP) is 18.4. The number of phenols is 1. The summed E-state index contributed by atoms with van der Waals surface area (Å²) in [5.74, 6) is 0.820. The van der Waals surface area contributed by atoms with Crippen LogP contribution in [-0.4, -0.2) is 24.2 Å². The van der Waals surface area contributed by atoms with Crippen molar-refractivity contribution in [3.8, 4) is 73.2 Å². The second-order valence-corrected chi connectivity index (χ2v) is 23.2. The van der Waals surface area contributed by atoms with E-state index >= 15 is 0 Å². The van der Waals surface area contributed by atoms with E-state index in [0.717, 1.165) is 72.6 Å². The molecule has 5 nitrogen and oxygen atoms in total. The Kier molecular flexibility index (Phi) is 12.6. The van der Waals surface area contributed by atoms with Crippen LogP contribution in [0.25, 0.3) is 111 Å². The number of nitrogens with zero attached hydrogens (tertiary/aromatic N) is 4. The average molecular weight is 1170 g/mol. The van der Waals surface area contributed by atoms with Crippen molar-refractivity contribution in [1.82, 2.24) is 19.1 Å². The predicted molar refractivity (Wildman–Crippen MR) is 314 cm³/mol. The fourth-order valence-electron chi connectivity index (χ4n) is 11.1. The van der Waals surface area contributed by atoms with Crippen LogP contribution in [0.1, 0.15) is 79.0 Å². The van der Waals surface area contributed by atoms with Gasteiger partial charge in [-0.15, -0.1) is 29.8 Å². The number of benzene rings is 9. The van der Waals surface area contributed by atoms with Gasteiger partial charge in [-0.05, 0) is 115 Å². The van der Waals surface area contributed by atoms with Crippen LogP contribution in [-0.2, 0) is 37.3 Å². The third-order valence-electron chi connectivity index (χ3n) is 15.0. The molecule has 12 rings (SSSR count). The summed E-state index contributed by atoms with van der Waals surface area (Å²) in [6, 6.07) is 72.8. The third-order valence-corrected chi connectivity index (χ3v) is 15.0. The number of pyridine rings is 1. The third kappa shape index (κ3) is 8.85. The van der Waals surface area contributed by atoms with Crippen molar-refractivity contribution < 1.29 is 26.2 Å². The van der Waals surface area contributed by atoms with Crippen LogP contribution in [0.15, 0.2) is 200 Å². The second kappa shape index (κ2) is 19.1. The topological polar surface area (TPSA) is 55.9 Å². The van der Waals surface area contributed by atoms with Crippen molar-refractivity contribution >= 4 is 43.6 Å². The van der Waals surface area contributed by atoms with Crippen LogP contribution in [0.5, 0.6) is 5.75 Å². The molecule has 0 atom stereocenters. The maximum absolute atomic E-state index is 12.4. The Labute approximate surface area is 460 Å². The zero-order valence-electron chi connectivity index (χ0n) is 44.6. The van der Waals surface area contributed by atoms with Gasteiger partial charge in [-0.25, -0.2) is 4.98 Å². The zero-order valence-corrected chi connectivity index (χ0v) is 46.9. The molecule has 0 aliphatic heterocycles. The van der Waals surface area contributed by atoms with Crippen LogP contribution in [0.4, 0.5) is 0 Å². The van der Waals surface area contributed by atoms with Gasteiger partial charge in [0.15, 0.2) is 0 Å². The molecule has 76 heavy (non-hydrogen) atoms. The van der Waals surface area contributed by atoms with Crippen molar-refractivity contribution in [3.63, 3.8) is 0 Å². The van der Waals surface area contributed by atoms with E-state index in [2.05, 4.69) is 260 Å². The minimum Gasteiger partial charge on any atom is -0.507 e. The summed E-state index contributed by atoms with van der Waals surface area (Å²) in [6.45, 7) is 20.3. The molecule has 0 unspecified atom stereocenters. The number of imidazole rings is 1. The van der Waals surface area contributed by atoms with E-state index in [1.807, 2.05) is 18.3 Å². The van der Waals surface area contributed by atoms with Gasteiger partial charge in [0.25, 0.3) is 0 Å². The van der Waals surface area contributed by atoms with Gasteiger partial charge in [-0.2, -0.15) is 0 Å². The molecule has 9 aromatic carbocycles. The summed E-state index contributed by atoms with van der Waals surface area (Å²) < 4.78 is 4.57. The first-order valence-electron chi connectivity index (χ1n) is 26.1. The molecule has 3 aromatic heterocycles. The Balaban J connectivity index is 0.00000616. The van der Waals surface area contributed by atoms with Crippen LogP contribution < -0.4 is 0 Å². The molecule has 3 heterocycles. The summed E-state index contributed by atoms with van der Waals surface area (Å²) in [5, 5.41) is 17.2. The molecular weight excluding hydrogens is 1110 g/mol. The van der Waals surface area contributed by atoms with Crippen LogP contribution in [0, 0.1) is 6.07 Å². The molecule has 0 saturated carbocycles. The van der Waals surface area contributed by atoms with E-state index in [0.29, 0.717) is 11.4 Å². The second-order valence-electron chi connectivity index (χ2n) is 23.2. The van der Waals surface area contributed by atoms with Gasteiger partial charge in [0.1, 0.15) is 11.6 Å². The molecule has 1 N–H and O–H groups in total. The molecule has 0 bridgehead atoms. The first kappa shape index (κ1) is 50.3. The van der Waals surface area contributed by atoms with Crippen molar-refractivity contribution in [2.75, 3.05) is 0 Å². The Morgan fingerprint density at radius 3 is 1.87 bits per heavy atom. The van der Waals surface area contributed by atoms with Gasteiger partial charge in [-0.3, -0.25) is 9.55 Å². The quantitative estimate of drug-likeness (QED) is 0.162. The number of phenolic OH excluding ortho intramolecular Hbond substituents is 1. The molecule has 378 valence electrons. The summed E-state index contributed by atoms with van der Waals surface area (Å²) in [4.78, 5) is 10.5. The van der Waals surface area contributed by atoms with E-state index in [-0.39, 0.29) is 43.1 Å². The summed E-state index contributed by atoms with van der Waals surface area (Å²) in [6.07, 6.45) is 1.91. The van der Waals surface area contributed by atoms with Gasteiger partial charge in [0.2, 0.25) is 0 Å². The summed E-state index contributed by atoms with van der Waals surface area (Å²) >= 11 is 0. The van der Waals surface area contributed by atoms with Gasteiger partial charge in [0, 0.05) is 60.7 Å². The number of aromatic nitrogens is 4. The minimum absolute atomic E-state index is 0. The molecule has 0 spiro atoms. The van der Waals surface area contributed by atoms with E-state index in [1.54, 1.807) is 0 Å². The van der Waals surface area contributed by atoms with Gasteiger partial charge < -0.3 is 9.67 Å². The Hall–Kier alpha value is -7.85. The molecule has 6 heteroatoms. The summed E-state index contributed by atoms with van der Waals surface area (Å²) in [5.41, 5.74) is 18.2. The zero-order chi connectivity index (χ0) is 52.0. The number of rotatable bonds is 7. The molecule has 0 radical (unpaired) electrons. The van der Waals surface area contributed by atoms with E-state index < -0.39 is 0 Å². The molecule has 0 aliphatic rings. The van der Waals surface area contributed by atoms with Crippen molar-refractivity contribution in [3.05, 3.63) is 223 Å². The van der Waals surface area contributed by atoms with Crippen molar-refractivity contribution in [1.29, 1.82) is 0 Å². The molecule has 0 saturated heterocycles. The largest absolute Gasteiger partial charge is 0.507 e. The normalized spacial score (nSPS) is 12.2. The Bertz CT molecular complexity index is 4180. The van der Waals surface area contributed by atoms with Crippen LogP contribution in [0.3, 0.4) is 0 Å². The van der Waals surface area contributed by atoms with Crippen LogP contribution in [0.2, 0.25) is 0 Å². The molecular formula is C70H61N4OPt-. The first-order chi connectivity index (χ1) is 36.0. The van der Waals surface area contributed by atoms with Gasteiger partial charge in [0.05, 0.1) is 27.6 Å². The smallest absolute Gasteiger partial charge is 0.148 e. The van der Waals surface area contributed by atoms with Gasteiger partial charge in [-0.1, -0.05) is 195 Å². The minimum atomic E-state index is -0.142. The molecule has 0 fully saturated rings. The Morgan fingerprint density at radius 1 is 0.461 bits per heavy atom. The maximum Gasteiger partial charge on any atom is 0.148 e. The number of hydrogen-bond donors (Lipinski definition) is 1. The fourth-order valence-corrected chi connectivity index (χ4v) is 11.1. The van der Waals surface area contributed by atoms with E-state index in [4.69, 9.17) is 9.97 Å². The van der Waals surface area contributed by atoms with Crippen molar-refractivity contribution in [2.24, 2.45) is 0 Å². The fraction of sp³-hybridized carbons (Fsp3) is 0.171. The van der Waals surface area contributed by atoms with Gasteiger partial charge >= 0.3 is 0 Å². The Morgan fingerprint density at radius 2 is 1.12 bits per heavy atom. The van der Waals surface area contributed by atoms with Crippen molar-refractivity contribution in [2.45, 2.75) is 78.6 Å². The molecule has 0 amide bonds. The number of aromatic hydroxyl groups is 1. The SMILES string of the molecule is CC(C)(C)c1ccc(-n2c(-c3ccc(-c4c(C(C)(C)C)ccc5cc(C(C)(C)C)ccc45)cc3O)nc3c(-c4[c-]c(-c5cc(-c6cccc7c8ccccc8n(-c8ccccc8)c67)ccn5)ccc4)cccc32)cc1.[Pt]. The number of hydrogen-bond acceptors (Lipinski definition) is 3. The molecule has 12 aromatic rings. The van der Waals surface area contributed by atoms with Crippen LogP contribution >= 0.6 is 0 Å².